The van der Waals surface area contributed by atoms with Crippen molar-refractivity contribution in [2.45, 2.75) is 46.1 Å². The summed E-state index contributed by atoms with van der Waals surface area (Å²) in [6.07, 6.45) is 7.41. The lowest BCUT2D eigenvalue weighted by Crippen LogP contribution is -2.42. The zero-order valence-corrected chi connectivity index (χ0v) is 13.2. The van der Waals surface area contributed by atoms with Gasteiger partial charge in [0.2, 0.25) is 0 Å². The first-order valence-electron chi connectivity index (χ1n) is 8.16. The van der Waals surface area contributed by atoms with Crippen molar-refractivity contribution >= 4 is 5.96 Å². The fourth-order valence-electron chi connectivity index (χ4n) is 3.46. The van der Waals surface area contributed by atoms with E-state index in [4.69, 9.17) is 4.99 Å². The molecule has 0 radical (unpaired) electrons. The number of aryl methyl sites for hydroxylation is 1. The molecule has 1 aromatic heterocycles. The second kappa shape index (κ2) is 6.04. The zero-order valence-electron chi connectivity index (χ0n) is 13.2. The van der Waals surface area contributed by atoms with Crippen molar-refractivity contribution in [3.63, 3.8) is 0 Å². The van der Waals surface area contributed by atoms with Crippen LogP contribution in [0.2, 0.25) is 0 Å². The molecule has 1 saturated carbocycles. The summed E-state index contributed by atoms with van der Waals surface area (Å²) in [7, 11) is 0. The first-order chi connectivity index (χ1) is 10.2. The highest BCUT2D eigenvalue weighted by molar-refractivity contribution is 5.80. The highest BCUT2D eigenvalue weighted by Crippen LogP contribution is 2.47. The Balaban J connectivity index is 1.69. The van der Waals surface area contributed by atoms with E-state index in [1.807, 2.05) is 12.3 Å². The van der Waals surface area contributed by atoms with Crippen molar-refractivity contribution in [2.24, 2.45) is 10.4 Å². The molecule has 0 atom stereocenters. The third-order valence-electron chi connectivity index (χ3n) is 4.98. The zero-order chi connectivity index (χ0) is 14.7. The van der Waals surface area contributed by atoms with Gasteiger partial charge >= 0.3 is 0 Å². The van der Waals surface area contributed by atoms with Gasteiger partial charge in [0.1, 0.15) is 0 Å². The van der Waals surface area contributed by atoms with Crippen molar-refractivity contribution in [3.8, 4) is 0 Å². The fraction of sp³-hybridized carbons (Fsp3) is 0.647. The Labute approximate surface area is 127 Å². The maximum Gasteiger partial charge on any atom is 0.194 e. The summed E-state index contributed by atoms with van der Waals surface area (Å²) >= 11 is 0. The van der Waals surface area contributed by atoms with Crippen LogP contribution in [-0.2, 0) is 6.54 Å². The highest BCUT2D eigenvalue weighted by atomic mass is 15.3. The van der Waals surface area contributed by atoms with Crippen molar-refractivity contribution < 1.29 is 0 Å². The van der Waals surface area contributed by atoms with Crippen molar-refractivity contribution in [3.05, 3.63) is 29.6 Å². The molecule has 1 N–H and O–H groups in total. The van der Waals surface area contributed by atoms with Gasteiger partial charge in [-0.2, -0.15) is 0 Å². The summed E-state index contributed by atoms with van der Waals surface area (Å²) in [5.74, 6) is 1.06. The maximum atomic E-state index is 4.82. The number of aromatic nitrogens is 1. The van der Waals surface area contributed by atoms with Crippen LogP contribution in [0.4, 0.5) is 0 Å². The summed E-state index contributed by atoms with van der Waals surface area (Å²) in [4.78, 5) is 11.7. The predicted molar refractivity (Wildman–Crippen MR) is 86.3 cm³/mol. The Morgan fingerprint density at radius 2 is 2.29 bits per heavy atom. The van der Waals surface area contributed by atoms with Crippen LogP contribution in [-0.4, -0.2) is 35.5 Å². The monoisotopic (exact) mass is 286 g/mol. The number of rotatable bonds is 3. The molecule has 1 aromatic rings. The Hall–Kier alpha value is -1.58. The van der Waals surface area contributed by atoms with Crippen LogP contribution in [0.25, 0.3) is 0 Å². The van der Waals surface area contributed by atoms with Gasteiger partial charge in [0.05, 0.1) is 12.2 Å². The number of nitrogens with one attached hydrogen (secondary N) is 1. The van der Waals surface area contributed by atoms with E-state index in [1.165, 1.54) is 37.8 Å². The van der Waals surface area contributed by atoms with E-state index in [9.17, 15) is 0 Å². The SMILES string of the molecule is CCNC(=NCc1ncccc1C)N1CCC2(CCC2)C1. The fourth-order valence-corrected chi connectivity index (χ4v) is 3.46. The second-order valence-electron chi connectivity index (χ2n) is 6.46. The number of likely N-dealkylation sites (tertiary alicyclic amines) is 1. The van der Waals surface area contributed by atoms with Gasteiger partial charge in [-0.3, -0.25) is 4.98 Å². The Morgan fingerprint density at radius 3 is 2.90 bits per heavy atom. The molecule has 3 rings (SSSR count). The molecule has 0 unspecified atom stereocenters. The predicted octanol–water partition coefficient (Wildman–Crippen LogP) is 2.73. The normalized spacial score (nSPS) is 20.7. The van der Waals surface area contributed by atoms with E-state index in [-0.39, 0.29) is 0 Å². The first-order valence-corrected chi connectivity index (χ1v) is 8.16. The average molecular weight is 286 g/mol. The van der Waals surface area contributed by atoms with Gasteiger partial charge in [-0.1, -0.05) is 12.5 Å². The first kappa shape index (κ1) is 14.4. The molecule has 0 aromatic carbocycles. The van der Waals surface area contributed by atoms with E-state index in [0.29, 0.717) is 12.0 Å². The minimum absolute atomic E-state index is 0.608. The molecule has 4 nitrogen and oxygen atoms in total. The molecule has 4 heteroatoms. The Morgan fingerprint density at radius 1 is 1.43 bits per heavy atom. The van der Waals surface area contributed by atoms with Crippen molar-refractivity contribution in [1.82, 2.24) is 15.2 Å². The summed E-state index contributed by atoms with van der Waals surface area (Å²) in [5.41, 5.74) is 2.90. The van der Waals surface area contributed by atoms with Crippen LogP contribution < -0.4 is 5.32 Å². The lowest BCUT2D eigenvalue weighted by atomic mass is 9.68. The lowest BCUT2D eigenvalue weighted by Gasteiger charge is -2.38. The smallest absolute Gasteiger partial charge is 0.194 e. The molecule has 21 heavy (non-hydrogen) atoms. The third kappa shape index (κ3) is 3.04. The minimum Gasteiger partial charge on any atom is -0.357 e. The molecule has 1 spiro atoms. The van der Waals surface area contributed by atoms with Gasteiger partial charge in [0, 0.05) is 25.8 Å². The van der Waals surface area contributed by atoms with Crippen molar-refractivity contribution in [1.29, 1.82) is 0 Å². The molecule has 0 bridgehead atoms. The van der Waals surface area contributed by atoms with Gasteiger partial charge in [0.15, 0.2) is 5.96 Å². The highest BCUT2D eigenvalue weighted by Gasteiger charge is 2.43. The maximum absolute atomic E-state index is 4.82. The minimum atomic E-state index is 0.608. The molecule has 2 fully saturated rings. The second-order valence-corrected chi connectivity index (χ2v) is 6.46. The lowest BCUT2D eigenvalue weighted by molar-refractivity contribution is 0.151. The topological polar surface area (TPSA) is 40.5 Å². The number of hydrogen-bond acceptors (Lipinski definition) is 2. The summed E-state index contributed by atoms with van der Waals surface area (Å²) in [6.45, 7) is 8.15. The molecule has 0 amide bonds. The quantitative estimate of drug-likeness (QED) is 0.686. The van der Waals surface area contributed by atoms with Crippen LogP contribution in [0, 0.1) is 12.3 Å². The molecule has 114 valence electrons. The standard InChI is InChI=1S/C17H26N4/c1-3-18-16(20-12-15-14(2)6-4-10-19-15)21-11-9-17(13-21)7-5-8-17/h4,6,10H,3,5,7-9,11-13H2,1-2H3,(H,18,20). The van der Waals surface area contributed by atoms with E-state index >= 15 is 0 Å². The summed E-state index contributed by atoms with van der Waals surface area (Å²) < 4.78 is 0. The average Bonchev–Trinajstić information content (AvgIpc) is 2.90. The van der Waals surface area contributed by atoms with Crippen molar-refractivity contribution in [2.75, 3.05) is 19.6 Å². The molecule has 1 aliphatic carbocycles. The third-order valence-corrected chi connectivity index (χ3v) is 4.98. The van der Waals surface area contributed by atoms with Gasteiger partial charge in [-0.05, 0) is 50.2 Å². The van der Waals surface area contributed by atoms with Gasteiger partial charge in [-0.15, -0.1) is 0 Å². The van der Waals surface area contributed by atoms with Crippen LogP contribution in [0.3, 0.4) is 0 Å². The van der Waals surface area contributed by atoms with Gasteiger partial charge < -0.3 is 10.2 Å². The van der Waals surface area contributed by atoms with E-state index in [0.717, 1.165) is 24.7 Å². The Kier molecular flexibility index (Phi) is 4.13. The van der Waals surface area contributed by atoms with Crippen LogP contribution in [0.15, 0.2) is 23.3 Å². The number of pyridine rings is 1. The van der Waals surface area contributed by atoms with Crippen LogP contribution in [0.5, 0.6) is 0 Å². The van der Waals surface area contributed by atoms with Crippen LogP contribution in [0.1, 0.15) is 43.9 Å². The Bertz CT molecular complexity index is 519. The number of hydrogen-bond donors (Lipinski definition) is 1. The van der Waals surface area contributed by atoms with Crippen LogP contribution >= 0.6 is 0 Å². The van der Waals surface area contributed by atoms with E-state index in [2.05, 4.69) is 35.1 Å². The summed E-state index contributed by atoms with van der Waals surface area (Å²) in [5, 5.41) is 3.45. The van der Waals surface area contributed by atoms with Gasteiger partial charge in [-0.25, -0.2) is 4.99 Å². The van der Waals surface area contributed by atoms with E-state index < -0.39 is 0 Å². The van der Waals surface area contributed by atoms with E-state index in [1.54, 1.807) is 0 Å². The van der Waals surface area contributed by atoms with Gasteiger partial charge in [0.25, 0.3) is 0 Å². The number of aliphatic imine (C=N–C) groups is 1. The number of guanidine groups is 1. The molecule has 2 aliphatic rings. The molecule has 2 heterocycles. The molecular weight excluding hydrogens is 260 g/mol. The summed E-state index contributed by atoms with van der Waals surface area (Å²) in [6, 6.07) is 4.08. The number of nitrogens with zero attached hydrogens (tertiary/aromatic N) is 3. The molecule has 1 aliphatic heterocycles. The molecular formula is C17H26N4. The molecule has 1 saturated heterocycles. The largest absolute Gasteiger partial charge is 0.357 e.